The van der Waals surface area contributed by atoms with E-state index in [4.69, 9.17) is 0 Å². The van der Waals surface area contributed by atoms with Crippen LogP contribution in [0.2, 0.25) is 0 Å². The molecule has 92 valence electrons. The lowest BCUT2D eigenvalue weighted by Gasteiger charge is -2.04. The Labute approximate surface area is 111 Å². The van der Waals surface area contributed by atoms with E-state index in [0.717, 1.165) is 34.5 Å². The van der Waals surface area contributed by atoms with Crippen molar-refractivity contribution in [2.75, 3.05) is 0 Å². The molecule has 0 spiro atoms. The monoisotopic (exact) mass is 248 g/mol. The van der Waals surface area contributed by atoms with E-state index in [1.807, 2.05) is 36.4 Å². The normalized spacial score (nSPS) is 14.1. The van der Waals surface area contributed by atoms with Crippen molar-refractivity contribution in [2.45, 2.75) is 6.42 Å². The quantitative estimate of drug-likeness (QED) is 0.763. The van der Waals surface area contributed by atoms with Gasteiger partial charge in [0, 0.05) is 6.42 Å². The van der Waals surface area contributed by atoms with Crippen LogP contribution in [-0.2, 0) is 9.59 Å². The highest BCUT2D eigenvalue weighted by Crippen LogP contribution is 2.28. The maximum Gasteiger partial charge on any atom is 0.146 e. The molecule has 1 aliphatic rings. The van der Waals surface area contributed by atoms with E-state index >= 15 is 0 Å². The van der Waals surface area contributed by atoms with E-state index in [1.54, 1.807) is 0 Å². The Morgan fingerprint density at radius 1 is 0.789 bits per heavy atom. The van der Waals surface area contributed by atoms with E-state index in [-0.39, 0.29) is 0 Å². The smallest absolute Gasteiger partial charge is 0.146 e. The maximum absolute atomic E-state index is 11.0. The van der Waals surface area contributed by atoms with Gasteiger partial charge < -0.3 is 0 Å². The molecule has 0 aliphatic heterocycles. The highest BCUT2D eigenvalue weighted by molar-refractivity contribution is 5.96. The number of carbonyl (C=O) groups excluding carboxylic acids is 2. The average molecular weight is 248 g/mol. The summed E-state index contributed by atoms with van der Waals surface area (Å²) in [5.74, 6) is 0. The highest BCUT2D eigenvalue weighted by Gasteiger charge is 2.10. The van der Waals surface area contributed by atoms with Gasteiger partial charge in [-0.3, -0.25) is 9.59 Å². The summed E-state index contributed by atoms with van der Waals surface area (Å²) in [4.78, 5) is 22.1. The molecule has 0 atom stereocenters. The Hall–Kier alpha value is -2.48. The minimum atomic E-state index is 0.401. The van der Waals surface area contributed by atoms with Gasteiger partial charge in [-0.25, -0.2) is 0 Å². The molecule has 0 heterocycles. The Kier molecular flexibility index (Phi) is 2.84. The molecular weight excluding hydrogens is 236 g/mol. The Morgan fingerprint density at radius 3 is 1.68 bits per heavy atom. The lowest BCUT2D eigenvalue weighted by molar-refractivity contribution is -0.105. The van der Waals surface area contributed by atoms with Crippen molar-refractivity contribution in [3.63, 3.8) is 0 Å². The van der Waals surface area contributed by atoms with Crippen LogP contribution in [0.25, 0.3) is 22.9 Å². The summed E-state index contributed by atoms with van der Waals surface area (Å²) >= 11 is 0. The zero-order valence-electron chi connectivity index (χ0n) is 10.3. The summed E-state index contributed by atoms with van der Waals surface area (Å²) in [6.45, 7) is 0. The Bertz CT molecular complexity index is 674. The minimum absolute atomic E-state index is 0.401. The summed E-state index contributed by atoms with van der Waals surface area (Å²) in [6, 6.07) is 12.2. The fourth-order valence-corrected chi connectivity index (χ4v) is 2.41. The second-order valence-electron chi connectivity index (χ2n) is 4.68. The first-order valence-corrected chi connectivity index (χ1v) is 6.14. The van der Waals surface area contributed by atoms with Crippen LogP contribution in [0.15, 0.2) is 47.5 Å². The third-order valence-corrected chi connectivity index (χ3v) is 3.34. The van der Waals surface area contributed by atoms with Crippen molar-refractivity contribution in [2.24, 2.45) is 0 Å². The molecule has 0 aromatic heterocycles. The summed E-state index contributed by atoms with van der Waals surface area (Å²) in [6.07, 6.45) is 5.77. The van der Waals surface area contributed by atoms with E-state index < -0.39 is 0 Å². The molecule has 0 bridgehead atoms. The van der Waals surface area contributed by atoms with Crippen molar-refractivity contribution in [3.05, 3.63) is 58.7 Å². The molecule has 3 rings (SSSR count). The van der Waals surface area contributed by atoms with Crippen LogP contribution in [0.1, 0.15) is 17.5 Å². The first-order chi connectivity index (χ1) is 9.30. The second-order valence-corrected chi connectivity index (χ2v) is 4.68. The highest BCUT2D eigenvalue weighted by atomic mass is 16.1. The van der Waals surface area contributed by atoms with Crippen LogP contribution in [0.4, 0.5) is 0 Å². The van der Waals surface area contributed by atoms with Gasteiger partial charge in [0.25, 0.3) is 0 Å². The molecule has 0 saturated heterocycles. The number of carbonyl (C=O) groups is 2. The van der Waals surface area contributed by atoms with Crippen LogP contribution >= 0.6 is 0 Å². The molecule has 2 nitrogen and oxygen atoms in total. The van der Waals surface area contributed by atoms with Gasteiger partial charge in [0.15, 0.2) is 0 Å². The fourth-order valence-electron chi connectivity index (χ4n) is 2.41. The SMILES string of the molecule is O=CC1=Cc2cc3ccccc3cc2C=C(C=O)C1. The number of aldehydes is 2. The second kappa shape index (κ2) is 4.65. The predicted octanol–water partition coefficient (Wildman–Crippen LogP) is 3.41. The van der Waals surface area contributed by atoms with E-state index in [1.165, 1.54) is 0 Å². The van der Waals surface area contributed by atoms with Crippen LogP contribution < -0.4 is 0 Å². The molecule has 2 heteroatoms. The molecular formula is C17H12O2. The van der Waals surface area contributed by atoms with Gasteiger partial charge in [-0.1, -0.05) is 24.3 Å². The standard InChI is InChI=1S/C17H12O2/c18-10-12-5-13(11-19)7-17-9-15-4-2-1-3-14(15)8-16(17)6-12/h1-4,6-11H,5H2. The fraction of sp³-hybridized carbons (Fsp3) is 0.0588. The van der Waals surface area contributed by atoms with E-state index in [0.29, 0.717) is 17.6 Å². The summed E-state index contributed by atoms with van der Waals surface area (Å²) in [5.41, 5.74) is 3.23. The summed E-state index contributed by atoms with van der Waals surface area (Å²) in [5, 5.41) is 2.26. The number of benzene rings is 2. The predicted molar refractivity (Wildman–Crippen MR) is 76.6 cm³/mol. The lowest BCUT2D eigenvalue weighted by Crippen LogP contribution is -1.88. The van der Waals surface area contributed by atoms with Gasteiger partial charge >= 0.3 is 0 Å². The van der Waals surface area contributed by atoms with Crippen molar-refractivity contribution in [1.29, 1.82) is 0 Å². The molecule has 0 N–H and O–H groups in total. The van der Waals surface area contributed by atoms with Gasteiger partial charge in [0.2, 0.25) is 0 Å². The first kappa shape index (κ1) is 11.6. The number of hydrogen-bond donors (Lipinski definition) is 0. The lowest BCUT2D eigenvalue weighted by atomic mass is 10.00. The molecule has 19 heavy (non-hydrogen) atoms. The average Bonchev–Trinajstić information content (AvgIpc) is 2.62. The van der Waals surface area contributed by atoms with Crippen molar-refractivity contribution < 1.29 is 9.59 Å². The van der Waals surface area contributed by atoms with Crippen molar-refractivity contribution in [3.8, 4) is 0 Å². The summed E-state index contributed by atoms with van der Waals surface area (Å²) in [7, 11) is 0. The van der Waals surface area contributed by atoms with Crippen molar-refractivity contribution >= 4 is 35.5 Å². The Morgan fingerprint density at radius 2 is 1.26 bits per heavy atom. The maximum atomic E-state index is 11.0. The van der Waals surface area contributed by atoms with E-state index in [9.17, 15) is 9.59 Å². The third kappa shape index (κ3) is 2.13. The van der Waals surface area contributed by atoms with Crippen LogP contribution in [0.3, 0.4) is 0 Å². The first-order valence-electron chi connectivity index (χ1n) is 6.14. The van der Waals surface area contributed by atoms with Gasteiger partial charge in [0.05, 0.1) is 0 Å². The van der Waals surface area contributed by atoms with Gasteiger partial charge in [0.1, 0.15) is 12.6 Å². The molecule has 0 amide bonds. The van der Waals surface area contributed by atoms with Crippen LogP contribution in [-0.4, -0.2) is 12.6 Å². The molecule has 1 aliphatic carbocycles. The van der Waals surface area contributed by atoms with Gasteiger partial charge in [-0.2, -0.15) is 0 Å². The molecule has 0 radical (unpaired) electrons. The molecule has 2 aromatic rings. The Balaban J connectivity index is 2.30. The number of fused-ring (bicyclic) bond motifs is 2. The van der Waals surface area contributed by atoms with E-state index in [2.05, 4.69) is 12.1 Å². The van der Waals surface area contributed by atoms with Gasteiger partial charge in [-0.05, 0) is 57.3 Å². The zero-order valence-corrected chi connectivity index (χ0v) is 10.3. The number of allylic oxidation sites excluding steroid dienone is 2. The van der Waals surface area contributed by atoms with Gasteiger partial charge in [-0.15, -0.1) is 0 Å². The number of hydrogen-bond acceptors (Lipinski definition) is 2. The van der Waals surface area contributed by atoms with Crippen molar-refractivity contribution in [1.82, 2.24) is 0 Å². The third-order valence-electron chi connectivity index (χ3n) is 3.34. The number of rotatable bonds is 2. The summed E-state index contributed by atoms with van der Waals surface area (Å²) < 4.78 is 0. The zero-order chi connectivity index (χ0) is 13.2. The van der Waals surface area contributed by atoms with Crippen LogP contribution in [0.5, 0.6) is 0 Å². The van der Waals surface area contributed by atoms with Crippen LogP contribution in [0, 0.1) is 0 Å². The molecule has 0 saturated carbocycles. The molecule has 0 unspecified atom stereocenters. The molecule has 0 fully saturated rings. The topological polar surface area (TPSA) is 34.1 Å². The molecule has 2 aromatic carbocycles. The largest absolute Gasteiger partial charge is 0.298 e. The minimum Gasteiger partial charge on any atom is -0.298 e.